The molecule has 1 N–H and O–H groups in total. The Kier molecular flexibility index (Phi) is 5.34. The van der Waals surface area contributed by atoms with E-state index >= 15 is 0 Å². The third-order valence-electron chi connectivity index (χ3n) is 3.17. The van der Waals surface area contributed by atoms with E-state index in [4.69, 9.17) is 0 Å². The standard InChI is InChI=1S/C14H21N5O/c1-2-13-16-6-10-19(13)11-7-17-14(20)4-3-8-18-9-5-15-12-18/h5-6,9-10,12H,2-4,7-8,11H2,1H3,(H,17,20). The van der Waals surface area contributed by atoms with E-state index in [1.165, 1.54) is 0 Å². The summed E-state index contributed by atoms with van der Waals surface area (Å²) in [4.78, 5) is 19.9. The SMILES string of the molecule is CCc1nccn1CCNC(=O)CCCn1ccnc1. The van der Waals surface area contributed by atoms with Gasteiger partial charge >= 0.3 is 0 Å². The molecule has 2 heterocycles. The number of hydrogen-bond donors (Lipinski definition) is 1. The molecule has 0 bridgehead atoms. The number of hydrogen-bond acceptors (Lipinski definition) is 3. The van der Waals surface area contributed by atoms with E-state index in [0.29, 0.717) is 13.0 Å². The minimum absolute atomic E-state index is 0.100. The number of nitrogens with one attached hydrogen (secondary N) is 1. The van der Waals surface area contributed by atoms with Crippen LogP contribution in [0.5, 0.6) is 0 Å². The molecule has 0 aliphatic rings. The van der Waals surface area contributed by atoms with Gasteiger partial charge in [-0.3, -0.25) is 4.79 Å². The summed E-state index contributed by atoms with van der Waals surface area (Å²) in [5, 5.41) is 2.94. The summed E-state index contributed by atoms with van der Waals surface area (Å²) < 4.78 is 4.05. The van der Waals surface area contributed by atoms with E-state index in [-0.39, 0.29) is 5.91 Å². The lowest BCUT2D eigenvalue weighted by Crippen LogP contribution is -2.27. The highest BCUT2D eigenvalue weighted by molar-refractivity contribution is 5.75. The Labute approximate surface area is 118 Å². The van der Waals surface area contributed by atoms with Crippen LogP contribution in [0.1, 0.15) is 25.6 Å². The minimum atomic E-state index is 0.100. The second-order valence-corrected chi connectivity index (χ2v) is 4.64. The highest BCUT2D eigenvalue weighted by Gasteiger charge is 2.03. The van der Waals surface area contributed by atoms with Crippen LogP contribution >= 0.6 is 0 Å². The molecule has 0 aliphatic heterocycles. The molecule has 2 aromatic rings. The van der Waals surface area contributed by atoms with Crippen molar-refractivity contribution in [2.75, 3.05) is 6.54 Å². The van der Waals surface area contributed by atoms with Gasteiger partial charge in [0.05, 0.1) is 6.33 Å². The third kappa shape index (κ3) is 4.22. The van der Waals surface area contributed by atoms with Gasteiger partial charge in [-0.25, -0.2) is 9.97 Å². The molecule has 0 radical (unpaired) electrons. The first-order valence-electron chi connectivity index (χ1n) is 7.02. The first-order valence-corrected chi connectivity index (χ1v) is 7.02. The fraction of sp³-hybridized carbons (Fsp3) is 0.500. The van der Waals surface area contributed by atoms with Gasteiger partial charge in [-0.15, -0.1) is 0 Å². The molecule has 6 heteroatoms. The summed E-state index contributed by atoms with van der Waals surface area (Å²) in [7, 11) is 0. The van der Waals surface area contributed by atoms with Crippen LogP contribution in [0, 0.1) is 0 Å². The van der Waals surface area contributed by atoms with Gasteiger partial charge in [-0.1, -0.05) is 6.92 Å². The molecule has 0 saturated heterocycles. The average molecular weight is 275 g/mol. The summed E-state index contributed by atoms with van der Waals surface area (Å²) in [5.74, 6) is 1.16. The molecule has 1 amide bonds. The number of aryl methyl sites for hydroxylation is 2. The summed E-state index contributed by atoms with van der Waals surface area (Å²) in [6.45, 7) is 4.33. The van der Waals surface area contributed by atoms with Crippen molar-refractivity contribution in [2.45, 2.75) is 39.3 Å². The summed E-state index contributed by atoms with van der Waals surface area (Å²) >= 11 is 0. The maximum atomic E-state index is 11.7. The van der Waals surface area contributed by atoms with Crippen LogP contribution < -0.4 is 5.32 Å². The molecule has 0 aromatic carbocycles. The minimum Gasteiger partial charge on any atom is -0.354 e. The van der Waals surface area contributed by atoms with Crippen LogP contribution in [0.2, 0.25) is 0 Å². The van der Waals surface area contributed by atoms with Crippen LogP contribution in [-0.2, 0) is 24.3 Å². The second-order valence-electron chi connectivity index (χ2n) is 4.64. The molecule has 0 atom stereocenters. The monoisotopic (exact) mass is 275 g/mol. The normalized spacial score (nSPS) is 10.7. The van der Waals surface area contributed by atoms with Crippen molar-refractivity contribution in [2.24, 2.45) is 0 Å². The predicted octanol–water partition coefficient (Wildman–Crippen LogP) is 1.24. The maximum Gasteiger partial charge on any atom is 0.220 e. The first kappa shape index (κ1) is 14.3. The predicted molar refractivity (Wildman–Crippen MR) is 76.1 cm³/mol. The first-order chi connectivity index (χ1) is 9.79. The number of amides is 1. The maximum absolute atomic E-state index is 11.7. The molecule has 20 heavy (non-hydrogen) atoms. The van der Waals surface area contributed by atoms with E-state index in [1.807, 2.05) is 17.0 Å². The molecule has 0 saturated carbocycles. The van der Waals surface area contributed by atoms with Crippen LogP contribution in [0.3, 0.4) is 0 Å². The van der Waals surface area contributed by atoms with Crippen molar-refractivity contribution in [3.05, 3.63) is 36.9 Å². The van der Waals surface area contributed by atoms with Gasteiger partial charge in [-0.05, 0) is 6.42 Å². The Hall–Kier alpha value is -2.11. The topological polar surface area (TPSA) is 64.7 Å². The Bertz CT molecular complexity index is 517. The Morgan fingerprint density at radius 3 is 2.95 bits per heavy atom. The van der Waals surface area contributed by atoms with Crippen molar-refractivity contribution < 1.29 is 4.79 Å². The van der Waals surface area contributed by atoms with Crippen LogP contribution in [0.4, 0.5) is 0 Å². The van der Waals surface area contributed by atoms with Crippen molar-refractivity contribution in [1.82, 2.24) is 24.4 Å². The summed E-state index contributed by atoms with van der Waals surface area (Å²) in [6, 6.07) is 0. The van der Waals surface area contributed by atoms with Crippen molar-refractivity contribution in [3.63, 3.8) is 0 Å². The number of imidazole rings is 2. The van der Waals surface area contributed by atoms with Crippen LogP contribution in [0.25, 0.3) is 0 Å². The zero-order valence-electron chi connectivity index (χ0n) is 11.8. The molecular weight excluding hydrogens is 254 g/mol. The number of aromatic nitrogens is 4. The van der Waals surface area contributed by atoms with E-state index in [1.54, 1.807) is 18.7 Å². The molecule has 0 fully saturated rings. The Morgan fingerprint density at radius 1 is 1.30 bits per heavy atom. The quantitative estimate of drug-likeness (QED) is 0.788. The smallest absolute Gasteiger partial charge is 0.220 e. The second kappa shape index (κ2) is 7.47. The lowest BCUT2D eigenvalue weighted by atomic mass is 10.3. The van der Waals surface area contributed by atoms with Gasteiger partial charge in [0.2, 0.25) is 5.91 Å². The van der Waals surface area contributed by atoms with Crippen LogP contribution in [-0.4, -0.2) is 31.6 Å². The highest BCUT2D eigenvalue weighted by atomic mass is 16.1. The van der Waals surface area contributed by atoms with Gasteiger partial charge in [-0.2, -0.15) is 0 Å². The number of rotatable bonds is 8. The molecule has 0 unspecified atom stereocenters. The van der Waals surface area contributed by atoms with Gasteiger partial charge in [0, 0.05) is 57.3 Å². The fourth-order valence-electron chi connectivity index (χ4n) is 2.10. The lowest BCUT2D eigenvalue weighted by molar-refractivity contribution is -0.121. The lowest BCUT2D eigenvalue weighted by Gasteiger charge is -2.08. The van der Waals surface area contributed by atoms with Gasteiger partial charge in [0.1, 0.15) is 5.82 Å². The summed E-state index contributed by atoms with van der Waals surface area (Å²) in [6.07, 6.45) is 11.4. The van der Waals surface area contributed by atoms with Gasteiger partial charge in [0.25, 0.3) is 0 Å². The Morgan fingerprint density at radius 2 is 2.20 bits per heavy atom. The zero-order chi connectivity index (χ0) is 14.2. The van der Waals surface area contributed by atoms with E-state index < -0.39 is 0 Å². The number of nitrogens with zero attached hydrogens (tertiary/aromatic N) is 4. The van der Waals surface area contributed by atoms with Gasteiger partial charge in [0.15, 0.2) is 0 Å². The van der Waals surface area contributed by atoms with Crippen LogP contribution in [0.15, 0.2) is 31.1 Å². The number of carbonyl (C=O) groups is 1. The van der Waals surface area contributed by atoms with Crippen molar-refractivity contribution in [3.8, 4) is 0 Å². The fourth-order valence-corrected chi connectivity index (χ4v) is 2.10. The van der Waals surface area contributed by atoms with E-state index in [0.717, 1.165) is 31.8 Å². The molecule has 6 nitrogen and oxygen atoms in total. The van der Waals surface area contributed by atoms with Gasteiger partial charge < -0.3 is 14.5 Å². The molecule has 0 aliphatic carbocycles. The average Bonchev–Trinajstić information content (AvgIpc) is 3.09. The highest BCUT2D eigenvalue weighted by Crippen LogP contribution is 1.98. The zero-order valence-corrected chi connectivity index (χ0v) is 11.8. The van der Waals surface area contributed by atoms with Crippen molar-refractivity contribution >= 4 is 5.91 Å². The Balaban J connectivity index is 1.60. The molecular formula is C14H21N5O. The molecule has 2 rings (SSSR count). The summed E-state index contributed by atoms with van der Waals surface area (Å²) in [5.41, 5.74) is 0. The molecule has 0 spiro atoms. The van der Waals surface area contributed by atoms with Crippen molar-refractivity contribution in [1.29, 1.82) is 0 Å². The molecule has 108 valence electrons. The third-order valence-corrected chi connectivity index (χ3v) is 3.17. The number of carbonyl (C=O) groups excluding carboxylic acids is 1. The van der Waals surface area contributed by atoms with E-state index in [9.17, 15) is 4.79 Å². The molecule has 2 aromatic heterocycles. The largest absolute Gasteiger partial charge is 0.354 e. The van der Waals surface area contributed by atoms with E-state index in [2.05, 4.69) is 26.8 Å².